The maximum Gasteiger partial charge on any atom is -0.0112 e. The molecule has 0 heteroatoms. The number of hydrogen-bond donors (Lipinski definition) is 0. The van der Waals surface area contributed by atoms with Gasteiger partial charge in [0.25, 0.3) is 0 Å². The summed E-state index contributed by atoms with van der Waals surface area (Å²) in [4.78, 5) is 0. The van der Waals surface area contributed by atoms with Crippen LogP contribution in [0.4, 0.5) is 0 Å². The van der Waals surface area contributed by atoms with Crippen LogP contribution in [0.3, 0.4) is 0 Å². The summed E-state index contributed by atoms with van der Waals surface area (Å²) < 4.78 is 0. The van der Waals surface area contributed by atoms with E-state index >= 15 is 0 Å². The van der Waals surface area contributed by atoms with Gasteiger partial charge in [-0.05, 0) is 89.3 Å². The second-order valence-corrected chi connectivity index (χ2v) is 8.47. The maximum absolute atomic E-state index is 2.44. The van der Waals surface area contributed by atoms with Crippen LogP contribution >= 0.6 is 0 Å². The minimum absolute atomic E-state index is 0.634. The molecule has 0 bridgehead atoms. The summed E-state index contributed by atoms with van der Waals surface area (Å²) >= 11 is 0. The lowest BCUT2D eigenvalue weighted by molar-refractivity contribution is 0.566. The van der Waals surface area contributed by atoms with Crippen molar-refractivity contribution >= 4 is 0 Å². The molecule has 2 aliphatic rings. The molecule has 0 aliphatic heterocycles. The molecule has 0 N–H and O–H groups in total. The van der Waals surface area contributed by atoms with E-state index in [0.717, 1.165) is 0 Å². The van der Waals surface area contributed by atoms with E-state index in [0.29, 0.717) is 11.8 Å². The Hall–Kier alpha value is -2.34. The normalized spacial score (nSPS) is 20.5. The van der Waals surface area contributed by atoms with Crippen molar-refractivity contribution in [3.8, 4) is 11.1 Å². The molecule has 3 aromatic carbocycles. The molecule has 0 aromatic heterocycles. The molecule has 5 rings (SSSR count). The van der Waals surface area contributed by atoms with Crippen LogP contribution in [0.15, 0.2) is 66.7 Å². The van der Waals surface area contributed by atoms with Gasteiger partial charge in [-0.2, -0.15) is 0 Å². The van der Waals surface area contributed by atoms with Gasteiger partial charge in [0.1, 0.15) is 0 Å². The first kappa shape index (κ1) is 16.8. The first-order valence-electron chi connectivity index (χ1n) is 10.6. The molecule has 1 unspecified atom stereocenters. The largest absolute Gasteiger partial charge is 0.0622 e. The van der Waals surface area contributed by atoms with Crippen LogP contribution in [0.25, 0.3) is 11.1 Å². The molecule has 2 aliphatic carbocycles. The zero-order valence-electron chi connectivity index (χ0n) is 16.2. The zero-order valence-corrected chi connectivity index (χ0v) is 16.2. The molecule has 0 heterocycles. The van der Waals surface area contributed by atoms with Crippen LogP contribution in [-0.4, -0.2) is 0 Å². The van der Waals surface area contributed by atoms with Crippen molar-refractivity contribution in [2.24, 2.45) is 0 Å². The van der Waals surface area contributed by atoms with Gasteiger partial charge in [-0.15, -0.1) is 0 Å². The zero-order chi connectivity index (χ0) is 18.2. The molecule has 0 fully saturated rings. The lowest BCUT2D eigenvalue weighted by Gasteiger charge is -2.34. The Kier molecular flexibility index (Phi) is 4.36. The number of rotatable bonds is 3. The maximum atomic E-state index is 2.44. The summed E-state index contributed by atoms with van der Waals surface area (Å²) in [6.07, 6.45) is 7.58. The van der Waals surface area contributed by atoms with Gasteiger partial charge < -0.3 is 0 Å². The fraction of sp³-hybridized carbons (Fsp3) is 0.333. The van der Waals surface area contributed by atoms with E-state index in [4.69, 9.17) is 0 Å². The number of hydrogen-bond acceptors (Lipinski definition) is 0. The quantitative estimate of drug-likeness (QED) is 0.473. The SMILES string of the molecule is C[C@@H]1CCCc2ccc3c(c21)CC(CCc1ccccc1)c1ccccc1-3. The molecule has 0 saturated heterocycles. The number of fused-ring (bicyclic) bond motifs is 5. The molecule has 0 amide bonds. The third-order valence-electron chi connectivity index (χ3n) is 6.79. The Bertz CT molecular complexity index is 951. The topological polar surface area (TPSA) is 0 Å². The van der Waals surface area contributed by atoms with E-state index < -0.39 is 0 Å². The fourth-order valence-corrected chi connectivity index (χ4v) is 5.46. The van der Waals surface area contributed by atoms with Gasteiger partial charge in [0, 0.05) is 0 Å². The van der Waals surface area contributed by atoms with Gasteiger partial charge in [-0.1, -0.05) is 73.7 Å². The Balaban J connectivity index is 1.55. The molecular formula is C27H28. The summed E-state index contributed by atoms with van der Waals surface area (Å²) in [5.74, 6) is 1.35. The van der Waals surface area contributed by atoms with Crippen LogP contribution < -0.4 is 0 Å². The van der Waals surface area contributed by atoms with E-state index in [-0.39, 0.29) is 0 Å². The summed E-state index contributed by atoms with van der Waals surface area (Å²) in [6, 6.07) is 25.0. The van der Waals surface area contributed by atoms with Crippen molar-refractivity contribution in [1.29, 1.82) is 0 Å². The molecule has 3 aromatic rings. The van der Waals surface area contributed by atoms with Gasteiger partial charge >= 0.3 is 0 Å². The summed E-state index contributed by atoms with van der Waals surface area (Å²) in [6.45, 7) is 2.44. The third kappa shape index (κ3) is 3.02. The van der Waals surface area contributed by atoms with Crippen molar-refractivity contribution in [2.75, 3.05) is 0 Å². The van der Waals surface area contributed by atoms with E-state index in [2.05, 4.69) is 73.7 Å². The van der Waals surface area contributed by atoms with Crippen LogP contribution in [0.5, 0.6) is 0 Å². The predicted molar refractivity (Wildman–Crippen MR) is 114 cm³/mol. The second-order valence-electron chi connectivity index (χ2n) is 8.47. The molecule has 2 atom stereocenters. The molecule has 136 valence electrons. The number of aryl methyl sites for hydroxylation is 2. The third-order valence-corrected chi connectivity index (χ3v) is 6.79. The first-order chi connectivity index (χ1) is 13.3. The van der Waals surface area contributed by atoms with Crippen LogP contribution in [0, 0.1) is 0 Å². The van der Waals surface area contributed by atoms with Gasteiger partial charge in [0.2, 0.25) is 0 Å². The summed E-state index contributed by atoms with van der Waals surface area (Å²) in [7, 11) is 0. The monoisotopic (exact) mass is 352 g/mol. The number of benzene rings is 3. The van der Waals surface area contributed by atoms with E-state index in [9.17, 15) is 0 Å². The summed E-state index contributed by atoms with van der Waals surface area (Å²) in [5.41, 5.74) is 11.0. The highest BCUT2D eigenvalue weighted by molar-refractivity contribution is 5.76. The highest BCUT2D eigenvalue weighted by atomic mass is 14.3. The van der Waals surface area contributed by atoms with Crippen molar-refractivity contribution < 1.29 is 0 Å². The Morgan fingerprint density at radius 1 is 0.852 bits per heavy atom. The summed E-state index contributed by atoms with van der Waals surface area (Å²) in [5, 5.41) is 0. The van der Waals surface area contributed by atoms with Crippen molar-refractivity contribution in [1.82, 2.24) is 0 Å². The van der Waals surface area contributed by atoms with Gasteiger partial charge in [0.15, 0.2) is 0 Å². The first-order valence-corrected chi connectivity index (χ1v) is 10.6. The molecular weight excluding hydrogens is 324 g/mol. The molecule has 0 nitrogen and oxygen atoms in total. The molecule has 0 radical (unpaired) electrons. The Labute approximate surface area is 163 Å². The minimum Gasteiger partial charge on any atom is -0.0622 e. The van der Waals surface area contributed by atoms with Crippen molar-refractivity contribution in [3.05, 3.63) is 94.5 Å². The lowest BCUT2D eigenvalue weighted by Crippen LogP contribution is -2.18. The van der Waals surface area contributed by atoms with Gasteiger partial charge in [-0.25, -0.2) is 0 Å². The second kappa shape index (κ2) is 7.00. The average molecular weight is 353 g/mol. The van der Waals surface area contributed by atoms with Gasteiger partial charge in [0.05, 0.1) is 0 Å². The predicted octanol–water partition coefficient (Wildman–Crippen LogP) is 7.07. The highest BCUT2D eigenvalue weighted by Gasteiger charge is 2.29. The van der Waals surface area contributed by atoms with Crippen molar-refractivity contribution in [2.45, 2.75) is 57.3 Å². The van der Waals surface area contributed by atoms with Crippen LogP contribution in [0.2, 0.25) is 0 Å². The Morgan fingerprint density at radius 2 is 1.67 bits per heavy atom. The molecule has 27 heavy (non-hydrogen) atoms. The average Bonchev–Trinajstić information content (AvgIpc) is 2.72. The molecule has 0 spiro atoms. The van der Waals surface area contributed by atoms with Crippen LogP contribution in [-0.2, 0) is 19.3 Å². The van der Waals surface area contributed by atoms with E-state index in [1.54, 1.807) is 22.3 Å². The van der Waals surface area contributed by atoms with E-state index in [1.807, 2.05) is 0 Å². The van der Waals surface area contributed by atoms with E-state index in [1.165, 1.54) is 55.2 Å². The lowest BCUT2D eigenvalue weighted by atomic mass is 9.70. The van der Waals surface area contributed by atoms with Crippen molar-refractivity contribution in [3.63, 3.8) is 0 Å². The smallest absolute Gasteiger partial charge is 0.0112 e. The molecule has 0 saturated carbocycles. The fourth-order valence-electron chi connectivity index (χ4n) is 5.46. The Morgan fingerprint density at radius 3 is 2.56 bits per heavy atom. The standard InChI is InChI=1S/C27H28/c1-19-8-7-11-21-16-17-25-24-13-6-5-12-23(24)22(18-26(25)27(19)21)15-14-20-9-3-2-4-10-20/h2-6,9-10,12-13,16-17,19,22H,7-8,11,14-15,18H2,1H3/t19-,22?/m1/s1. The van der Waals surface area contributed by atoms with Crippen LogP contribution in [0.1, 0.15) is 65.8 Å². The highest BCUT2D eigenvalue weighted by Crippen LogP contribution is 2.46. The minimum atomic E-state index is 0.634. The van der Waals surface area contributed by atoms with Gasteiger partial charge in [-0.3, -0.25) is 0 Å².